The largest absolute Gasteiger partial charge is 0.388 e. The summed E-state index contributed by atoms with van der Waals surface area (Å²) in [6.45, 7) is 16.1. The Balaban J connectivity index is 0.00000149. The van der Waals surface area contributed by atoms with Gasteiger partial charge in [-0.25, -0.2) is 9.37 Å². The molecule has 0 unspecified atom stereocenters. The third-order valence-electron chi connectivity index (χ3n) is 5.91. The number of rotatable bonds is 7. The number of halogens is 1. The number of pyridine rings is 1. The number of nitrogens with one attached hydrogen (secondary N) is 1. The van der Waals surface area contributed by atoms with Crippen molar-refractivity contribution >= 4 is 22.4 Å². The molecule has 2 aromatic heterocycles. The van der Waals surface area contributed by atoms with E-state index in [0.717, 1.165) is 49.6 Å². The third-order valence-corrected chi connectivity index (χ3v) is 5.91. The Morgan fingerprint density at radius 1 is 1.06 bits per heavy atom. The van der Waals surface area contributed by atoms with Crippen molar-refractivity contribution in [2.75, 3.05) is 44.7 Å². The van der Waals surface area contributed by atoms with Gasteiger partial charge in [0.15, 0.2) is 0 Å². The number of aromatic nitrogens is 2. The lowest BCUT2D eigenvalue weighted by Gasteiger charge is -2.38. The number of fused-ring (bicyclic) bond motifs is 1. The second kappa shape index (κ2) is 10.8. The van der Waals surface area contributed by atoms with Gasteiger partial charge in [0, 0.05) is 75.5 Å². The van der Waals surface area contributed by atoms with Crippen LogP contribution in [-0.2, 0) is 6.54 Å². The van der Waals surface area contributed by atoms with Gasteiger partial charge in [-0.1, -0.05) is 44.7 Å². The van der Waals surface area contributed by atoms with Gasteiger partial charge in [0.1, 0.15) is 11.3 Å². The summed E-state index contributed by atoms with van der Waals surface area (Å²) in [7, 11) is 1.88. The van der Waals surface area contributed by atoms with Gasteiger partial charge in [-0.2, -0.15) is 0 Å². The fourth-order valence-electron chi connectivity index (χ4n) is 4.31. The van der Waals surface area contributed by atoms with Crippen LogP contribution in [0.25, 0.3) is 16.7 Å². The maximum atomic E-state index is 14.0. The van der Waals surface area contributed by atoms with E-state index in [4.69, 9.17) is 0 Å². The number of hydrogen-bond donors (Lipinski definition) is 1. The molecule has 1 N–H and O–H groups in total. The van der Waals surface area contributed by atoms with Gasteiger partial charge in [0.05, 0.1) is 0 Å². The zero-order valence-corrected chi connectivity index (χ0v) is 20.7. The summed E-state index contributed by atoms with van der Waals surface area (Å²) in [6.07, 6.45) is 4.01. The predicted molar refractivity (Wildman–Crippen MR) is 139 cm³/mol. The summed E-state index contributed by atoms with van der Waals surface area (Å²) < 4.78 is 16.2. The Morgan fingerprint density at radius 3 is 2.33 bits per heavy atom. The highest BCUT2D eigenvalue weighted by Gasteiger charge is 2.25. The summed E-state index contributed by atoms with van der Waals surface area (Å²) in [6, 6.07) is 12.7. The highest BCUT2D eigenvalue weighted by molar-refractivity contribution is 5.90. The molecular formula is C27H38FN5. The molecule has 33 heavy (non-hydrogen) atoms. The molecule has 0 atom stereocenters. The SMILES string of the molecule is C=C(NC)c1ccc(Cn2ccc3c(N4CCN(CC(C)(C)F)CC4)ccnc32)cc1.CC. The summed E-state index contributed by atoms with van der Waals surface area (Å²) in [5, 5.41) is 4.25. The van der Waals surface area contributed by atoms with E-state index in [2.05, 4.69) is 73.8 Å². The van der Waals surface area contributed by atoms with Crippen LogP contribution in [0.15, 0.2) is 55.4 Å². The van der Waals surface area contributed by atoms with Crippen LogP contribution >= 0.6 is 0 Å². The quantitative estimate of drug-likeness (QED) is 0.538. The van der Waals surface area contributed by atoms with E-state index in [-0.39, 0.29) is 0 Å². The number of benzene rings is 1. The van der Waals surface area contributed by atoms with Crippen molar-refractivity contribution in [3.05, 3.63) is 66.5 Å². The molecule has 0 spiro atoms. The smallest absolute Gasteiger partial charge is 0.142 e. The molecule has 3 aromatic rings. The molecule has 5 nitrogen and oxygen atoms in total. The average Bonchev–Trinajstić information content (AvgIpc) is 3.23. The Kier molecular flexibility index (Phi) is 8.14. The lowest BCUT2D eigenvalue weighted by atomic mass is 10.1. The topological polar surface area (TPSA) is 36.3 Å². The molecule has 1 aliphatic heterocycles. The monoisotopic (exact) mass is 451 g/mol. The van der Waals surface area contributed by atoms with Crippen molar-refractivity contribution in [2.45, 2.75) is 39.9 Å². The lowest BCUT2D eigenvalue weighted by molar-refractivity contribution is 0.121. The van der Waals surface area contributed by atoms with Gasteiger partial charge >= 0.3 is 0 Å². The van der Waals surface area contributed by atoms with Crippen LogP contribution in [0.3, 0.4) is 0 Å². The van der Waals surface area contributed by atoms with Crippen LogP contribution in [-0.4, -0.2) is 59.9 Å². The molecule has 1 aliphatic rings. The van der Waals surface area contributed by atoms with Crippen LogP contribution < -0.4 is 10.2 Å². The Hall–Kier alpha value is -2.86. The molecule has 1 aromatic carbocycles. The van der Waals surface area contributed by atoms with E-state index in [1.807, 2.05) is 27.1 Å². The summed E-state index contributed by atoms with van der Waals surface area (Å²) in [5.41, 5.74) is 4.29. The van der Waals surface area contributed by atoms with Crippen molar-refractivity contribution < 1.29 is 4.39 Å². The number of nitrogens with zero attached hydrogens (tertiary/aromatic N) is 4. The van der Waals surface area contributed by atoms with Crippen LogP contribution in [0, 0.1) is 0 Å². The van der Waals surface area contributed by atoms with Crippen LogP contribution in [0.2, 0.25) is 0 Å². The first kappa shape index (κ1) is 24.8. The first-order valence-corrected chi connectivity index (χ1v) is 11.9. The van der Waals surface area contributed by atoms with E-state index < -0.39 is 5.67 Å². The Labute approximate surface area is 197 Å². The van der Waals surface area contributed by atoms with Crippen molar-refractivity contribution in [3.8, 4) is 0 Å². The highest BCUT2D eigenvalue weighted by Crippen LogP contribution is 2.28. The second-order valence-electron chi connectivity index (χ2n) is 8.92. The van der Waals surface area contributed by atoms with Crippen molar-refractivity contribution in [3.63, 3.8) is 0 Å². The fourth-order valence-corrected chi connectivity index (χ4v) is 4.31. The summed E-state index contributed by atoms with van der Waals surface area (Å²) in [5.74, 6) is 0. The zero-order valence-electron chi connectivity index (χ0n) is 20.7. The summed E-state index contributed by atoms with van der Waals surface area (Å²) >= 11 is 0. The van der Waals surface area contributed by atoms with Crippen molar-refractivity contribution in [1.29, 1.82) is 0 Å². The molecule has 3 heterocycles. The van der Waals surface area contributed by atoms with Gasteiger partial charge < -0.3 is 14.8 Å². The number of piperazine rings is 1. The highest BCUT2D eigenvalue weighted by atomic mass is 19.1. The van der Waals surface area contributed by atoms with Crippen LogP contribution in [0.5, 0.6) is 0 Å². The molecule has 0 aliphatic carbocycles. The maximum absolute atomic E-state index is 14.0. The second-order valence-corrected chi connectivity index (χ2v) is 8.92. The molecule has 6 heteroatoms. The molecule has 0 saturated carbocycles. The normalized spacial score (nSPS) is 14.7. The maximum Gasteiger partial charge on any atom is 0.142 e. The first-order valence-electron chi connectivity index (χ1n) is 11.9. The van der Waals surface area contributed by atoms with Crippen LogP contribution in [0.1, 0.15) is 38.8 Å². The molecule has 0 amide bonds. The number of anilines is 1. The van der Waals surface area contributed by atoms with Gasteiger partial charge in [-0.15, -0.1) is 0 Å². The Bertz CT molecular complexity index is 1040. The predicted octanol–water partition coefficient (Wildman–Crippen LogP) is 5.17. The minimum absolute atomic E-state index is 0.490. The van der Waals surface area contributed by atoms with E-state index in [1.165, 1.54) is 16.6 Å². The van der Waals surface area contributed by atoms with Crippen LogP contribution in [0.4, 0.5) is 10.1 Å². The fraction of sp³-hybridized carbons (Fsp3) is 0.444. The third kappa shape index (κ3) is 6.14. The minimum atomic E-state index is -1.15. The molecule has 0 bridgehead atoms. The van der Waals surface area contributed by atoms with E-state index >= 15 is 0 Å². The molecule has 1 saturated heterocycles. The molecule has 178 valence electrons. The molecule has 1 fully saturated rings. The molecule has 4 rings (SSSR count). The number of alkyl halides is 1. The standard InChI is InChI=1S/C25H32FN5.C2H6/c1-19(27-4)21-7-5-20(6-8-21)17-31-12-10-22-23(9-11-28-24(22)31)30-15-13-29(14-16-30)18-25(2,3)26;1-2/h5-12,27H,1,13-18H2,2-4H3;1-2H3. The molecule has 0 radical (unpaired) electrons. The Morgan fingerprint density at radius 2 is 1.73 bits per heavy atom. The van der Waals surface area contributed by atoms with Crippen molar-refractivity contribution in [2.24, 2.45) is 0 Å². The zero-order chi connectivity index (χ0) is 24.0. The summed E-state index contributed by atoms with van der Waals surface area (Å²) in [4.78, 5) is 9.28. The van der Waals surface area contributed by atoms with Crippen molar-refractivity contribution in [1.82, 2.24) is 19.8 Å². The van der Waals surface area contributed by atoms with E-state index in [0.29, 0.717) is 6.54 Å². The van der Waals surface area contributed by atoms with Gasteiger partial charge in [-0.3, -0.25) is 4.90 Å². The van der Waals surface area contributed by atoms with Gasteiger partial charge in [0.25, 0.3) is 0 Å². The van der Waals surface area contributed by atoms with Gasteiger partial charge in [0.2, 0.25) is 0 Å². The molecular weight excluding hydrogens is 413 g/mol. The minimum Gasteiger partial charge on any atom is -0.388 e. The van der Waals surface area contributed by atoms with Gasteiger partial charge in [-0.05, 0) is 37.1 Å². The lowest BCUT2D eigenvalue weighted by Crippen LogP contribution is -2.49. The average molecular weight is 452 g/mol. The van der Waals surface area contributed by atoms with E-state index in [9.17, 15) is 4.39 Å². The number of hydrogen-bond acceptors (Lipinski definition) is 4. The van der Waals surface area contributed by atoms with E-state index in [1.54, 1.807) is 13.8 Å². The first-order chi connectivity index (χ1) is 15.8.